The maximum Gasteiger partial charge on any atom is 0.171 e. The first-order chi connectivity index (χ1) is 4.33. The van der Waals surface area contributed by atoms with Crippen molar-refractivity contribution in [2.24, 2.45) is 5.73 Å². The first-order valence-corrected chi connectivity index (χ1v) is 3.62. The van der Waals surface area contributed by atoms with Crippen molar-refractivity contribution in [3.05, 3.63) is 17.0 Å². The normalized spacial score (nSPS) is 9.89. The van der Waals surface area contributed by atoms with Crippen LogP contribution in [-0.4, -0.2) is 11.7 Å². The van der Waals surface area contributed by atoms with Crippen molar-refractivity contribution in [1.29, 1.82) is 0 Å². The standard InChI is InChI=1S/C6H9NOS/c7-4-3-5-1-2-6(8)9-5/h1-2,8H,3-4,7H2. The summed E-state index contributed by atoms with van der Waals surface area (Å²) in [4.78, 5) is 1.15. The quantitative estimate of drug-likeness (QED) is 0.647. The maximum atomic E-state index is 8.86. The van der Waals surface area contributed by atoms with E-state index < -0.39 is 0 Å². The predicted octanol–water partition coefficient (Wildman–Crippen LogP) is 0.955. The molecule has 3 N–H and O–H groups in total. The molecule has 0 bridgehead atoms. The second-order valence-electron chi connectivity index (χ2n) is 1.78. The molecule has 1 aromatic heterocycles. The van der Waals surface area contributed by atoms with E-state index in [-0.39, 0.29) is 0 Å². The van der Waals surface area contributed by atoms with E-state index >= 15 is 0 Å². The monoisotopic (exact) mass is 143 g/mol. The van der Waals surface area contributed by atoms with Gasteiger partial charge in [-0.05, 0) is 25.1 Å². The zero-order chi connectivity index (χ0) is 6.69. The summed E-state index contributed by atoms with van der Waals surface area (Å²) in [5, 5.41) is 9.23. The summed E-state index contributed by atoms with van der Waals surface area (Å²) in [5.41, 5.74) is 5.29. The third-order valence-electron chi connectivity index (χ3n) is 1.04. The Morgan fingerprint density at radius 1 is 1.56 bits per heavy atom. The lowest BCUT2D eigenvalue weighted by molar-refractivity contribution is 0.491. The van der Waals surface area contributed by atoms with E-state index in [2.05, 4.69) is 0 Å². The van der Waals surface area contributed by atoms with Crippen LogP contribution in [-0.2, 0) is 6.42 Å². The molecule has 0 aromatic carbocycles. The zero-order valence-electron chi connectivity index (χ0n) is 5.00. The molecule has 0 atom stereocenters. The Morgan fingerprint density at radius 2 is 2.33 bits per heavy atom. The molecule has 0 radical (unpaired) electrons. The smallest absolute Gasteiger partial charge is 0.171 e. The van der Waals surface area contributed by atoms with Crippen LogP contribution in [0.5, 0.6) is 5.06 Å². The average molecular weight is 143 g/mol. The van der Waals surface area contributed by atoms with E-state index in [1.165, 1.54) is 11.3 Å². The Balaban J connectivity index is 2.61. The van der Waals surface area contributed by atoms with Gasteiger partial charge >= 0.3 is 0 Å². The first-order valence-electron chi connectivity index (χ1n) is 2.80. The minimum Gasteiger partial charge on any atom is -0.499 e. The molecular weight excluding hydrogens is 134 g/mol. The fourth-order valence-corrected chi connectivity index (χ4v) is 1.40. The number of aromatic hydroxyl groups is 1. The van der Waals surface area contributed by atoms with Crippen molar-refractivity contribution in [3.63, 3.8) is 0 Å². The second kappa shape index (κ2) is 2.85. The van der Waals surface area contributed by atoms with Gasteiger partial charge in [-0.15, -0.1) is 11.3 Å². The number of hydrogen-bond donors (Lipinski definition) is 2. The third kappa shape index (κ3) is 1.69. The van der Waals surface area contributed by atoms with Gasteiger partial charge in [0.15, 0.2) is 5.06 Å². The van der Waals surface area contributed by atoms with Crippen LogP contribution in [0.25, 0.3) is 0 Å². The van der Waals surface area contributed by atoms with Gasteiger partial charge in [-0.1, -0.05) is 0 Å². The highest BCUT2D eigenvalue weighted by atomic mass is 32.1. The summed E-state index contributed by atoms with van der Waals surface area (Å²) < 4.78 is 0. The molecule has 9 heavy (non-hydrogen) atoms. The first kappa shape index (κ1) is 6.58. The highest BCUT2D eigenvalue weighted by Crippen LogP contribution is 2.22. The Kier molecular flexibility index (Phi) is 2.08. The van der Waals surface area contributed by atoms with Crippen LogP contribution in [0, 0.1) is 0 Å². The van der Waals surface area contributed by atoms with Crippen molar-refractivity contribution in [2.75, 3.05) is 6.54 Å². The van der Waals surface area contributed by atoms with E-state index in [4.69, 9.17) is 10.8 Å². The summed E-state index contributed by atoms with van der Waals surface area (Å²) in [6.45, 7) is 0.653. The molecule has 0 unspecified atom stereocenters. The Morgan fingerprint density at radius 3 is 2.78 bits per heavy atom. The minimum atomic E-state index is 0.374. The number of hydrogen-bond acceptors (Lipinski definition) is 3. The van der Waals surface area contributed by atoms with E-state index in [9.17, 15) is 0 Å². The van der Waals surface area contributed by atoms with Crippen LogP contribution in [0.3, 0.4) is 0 Å². The number of thiophene rings is 1. The van der Waals surface area contributed by atoms with Gasteiger partial charge in [0.25, 0.3) is 0 Å². The summed E-state index contributed by atoms with van der Waals surface area (Å²) in [7, 11) is 0. The molecule has 0 saturated heterocycles. The van der Waals surface area contributed by atoms with Crippen LogP contribution in [0.15, 0.2) is 12.1 Å². The summed E-state index contributed by atoms with van der Waals surface area (Å²) in [6.07, 6.45) is 0.866. The highest BCUT2D eigenvalue weighted by molar-refractivity contribution is 7.13. The fourth-order valence-electron chi connectivity index (χ4n) is 0.643. The van der Waals surface area contributed by atoms with Crippen molar-refractivity contribution in [1.82, 2.24) is 0 Å². The summed E-state index contributed by atoms with van der Waals surface area (Å²) >= 11 is 1.39. The SMILES string of the molecule is NCCc1ccc(O)s1. The highest BCUT2D eigenvalue weighted by Gasteiger charge is 1.94. The third-order valence-corrected chi connectivity index (χ3v) is 1.99. The van der Waals surface area contributed by atoms with Gasteiger partial charge in [0, 0.05) is 4.88 Å². The van der Waals surface area contributed by atoms with Crippen LogP contribution in [0.1, 0.15) is 4.88 Å². The molecule has 0 aliphatic rings. The van der Waals surface area contributed by atoms with Gasteiger partial charge in [-0.3, -0.25) is 0 Å². The second-order valence-corrected chi connectivity index (χ2v) is 2.93. The molecular formula is C6H9NOS. The molecule has 0 spiro atoms. The van der Waals surface area contributed by atoms with Gasteiger partial charge in [0.2, 0.25) is 0 Å². The van der Waals surface area contributed by atoms with E-state index in [0.29, 0.717) is 11.6 Å². The van der Waals surface area contributed by atoms with Crippen molar-refractivity contribution in [2.45, 2.75) is 6.42 Å². The fraction of sp³-hybridized carbons (Fsp3) is 0.333. The van der Waals surface area contributed by atoms with E-state index in [0.717, 1.165) is 11.3 Å². The van der Waals surface area contributed by atoms with E-state index in [1.54, 1.807) is 6.07 Å². The molecule has 3 heteroatoms. The molecule has 50 valence electrons. The van der Waals surface area contributed by atoms with Crippen LogP contribution in [0.2, 0.25) is 0 Å². The van der Waals surface area contributed by atoms with E-state index in [1.807, 2.05) is 6.07 Å². The average Bonchev–Trinajstić information content (AvgIpc) is 2.17. The van der Waals surface area contributed by atoms with Gasteiger partial charge in [0.05, 0.1) is 0 Å². The molecule has 2 nitrogen and oxygen atoms in total. The molecule has 1 heterocycles. The molecule has 0 aliphatic heterocycles. The molecule has 0 saturated carbocycles. The predicted molar refractivity (Wildman–Crippen MR) is 38.7 cm³/mol. The van der Waals surface area contributed by atoms with Crippen molar-refractivity contribution >= 4 is 11.3 Å². The molecule has 0 fully saturated rings. The van der Waals surface area contributed by atoms with Crippen LogP contribution < -0.4 is 5.73 Å². The minimum absolute atomic E-state index is 0.374. The summed E-state index contributed by atoms with van der Waals surface area (Å²) in [6, 6.07) is 3.59. The molecule has 0 amide bonds. The lowest BCUT2D eigenvalue weighted by atomic mass is 10.3. The maximum absolute atomic E-state index is 8.86. The van der Waals surface area contributed by atoms with Gasteiger partial charge in [0.1, 0.15) is 0 Å². The van der Waals surface area contributed by atoms with Crippen molar-refractivity contribution < 1.29 is 5.11 Å². The topological polar surface area (TPSA) is 46.2 Å². The Hall–Kier alpha value is -0.540. The lowest BCUT2D eigenvalue weighted by Gasteiger charge is -1.86. The van der Waals surface area contributed by atoms with Crippen LogP contribution in [0.4, 0.5) is 0 Å². The molecule has 1 aromatic rings. The zero-order valence-corrected chi connectivity index (χ0v) is 5.82. The number of rotatable bonds is 2. The summed E-state index contributed by atoms with van der Waals surface area (Å²) in [5.74, 6) is 0. The Bertz CT molecular complexity index is 185. The van der Waals surface area contributed by atoms with Gasteiger partial charge < -0.3 is 10.8 Å². The van der Waals surface area contributed by atoms with Gasteiger partial charge in [-0.25, -0.2) is 0 Å². The van der Waals surface area contributed by atoms with Gasteiger partial charge in [-0.2, -0.15) is 0 Å². The molecule has 1 rings (SSSR count). The van der Waals surface area contributed by atoms with Crippen LogP contribution >= 0.6 is 11.3 Å². The van der Waals surface area contributed by atoms with Crippen molar-refractivity contribution in [3.8, 4) is 5.06 Å². The molecule has 0 aliphatic carbocycles. The largest absolute Gasteiger partial charge is 0.499 e. The Labute approximate surface area is 57.9 Å². The number of nitrogens with two attached hydrogens (primary N) is 1. The lowest BCUT2D eigenvalue weighted by Crippen LogP contribution is -2.00.